The molecule has 3 nitrogen and oxygen atoms in total. The summed E-state index contributed by atoms with van der Waals surface area (Å²) < 4.78 is 0. The fourth-order valence-corrected chi connectivity index (χ4v) is 3.55. The molecule has 0 radical (unpaired) electrons. The third-order valence-electron chi connectivity index (χ3n) is 3.66. The summed E-state index contributed by atoms with van der Waals surface area (Å²) in [7, 11) is 0. The Morgan fingerprint density at radius 3 is 3.13 bits per heavy atom. The SMILES string of the molecule is O=C(O)C1C2CC1N(Cc1ccsc1)C2. The van der Waals surface area contributed by atoms with Crippen LogP contribution in [0.4, 0.5) is 0 Å². The highest BCUT2D eigenvalue weighted by molar-refractivity contribution is 7.07. The second-order valence-corrected chi connectivity index (χ2v) is 5.27. The maximum absolute atomic E-state index is 11.0. The highest BCUT2D eigenvalue weighted by Gasteiger charge is 2.55. The van der Waals surface area contributed by atoms with Crippen molar-refractivity contribution in [2.24, 2.45) is 11.8 Å². The van der Waals surface area contributed by atoms with Crippen LogP contribution in [0.1, 0.15) is 12.0 Å². The van der Waals surface area contributed by atoms with Crippen molar-refractivity contribution in [2.75, 3.05) is 6.54 Å². The van der Waals surface area contributed by atoms with Crippen LogP contribution in [0, 0.1) is 11.8 Å². The number of carbonyl (C=O) groups is 1. The highest BCUT2D eigenvalue weighted by atomic mass is 32.1. The monoisotopic (exact) mass is 223 g/mol. The molecule has 2 bridgehead atoms. The number of thiophene rings is 1. The fourth-order valence-electron chi connectivity index (χ4n) is 2.89. The van der Waals surface area contributed by atoms with Crippen molar-refractivity contribution in [3.8, 4) is 0 Å². The van der Waals surface area contributed by atoms with Crippen molar-refractivity contribution in [1.29, 1.82) is 0 Å². The number of rotatable bonds is 3. The maximum Gasteiger partial charge on any atom is 0.308 e. The molecule has 4 heteroatoms. The first-order valence-corrected chi connectivity index (χ1v) is 6.18. The molecule has 4 rings (SSSR count). The van der Waals surface area contributed by atoms with Crippen LogP contribution in [0.5, 0.6) is 0 Å². The molecule has 3 aliphatic rings. The van der Waals surface area contributed by atoms with Gasteiger partial charge in [-0.3, -0.25) is 9.69 Å². The minimum atomic E-state index is -0.607. The van der Waals surface area contributed by atoms with Crippen molar-refractivity contribution < 1.29 is 9.90 Å². The van der Waals surface area contributed by atoms with Gasteiger partial charge in [0.05, 0.1) is 5.92 Å². The molecular formula is C11H13NO2S. The van der Waals surface area contributed by atoms with E-state index in [2.05, 4.69) is 21.7 Å². The summed E-state index contributed by atoms with van der Waals surface area (Å²) in [6.07, 6.45) is 1.08. The highest BCUT2D eigenvalue weighted by Crippen LogP contribution is 2.46. The Kier molecular flexibility index (Phi) is 2.07. The molecule has 1 aliphatic carbocycles. The van der Waals surface area contributed by atoms with Crippen LogP contribution in [-0.2, 0) is 11.3 Å². The molecule has 3 atom stereocenters. The molecule has 2 saturated heterocycles. The van der Waals surface area contributed by atoms with Crippen LogP contribution in [0.3, 0.4) is 0 Å². The van der Waals surface area contributed by atoms with E-state index in [-0.39, 0.29) is 5.92 Å². The van der Waals surface area contributed by atoms with Crippen LogP contribution < -0.4 is 0 Å². The first-order chi connectivity index (χ1) is 7.25. The van der Waals surface area contributed by atoms with Gasteiger partial charge < -0.3 is 5.11 Å². The lowest BCUT2D eigenvalue weighted by Gasteiger charge is -2.33. The normalized spacial score (nSPS) is 34.0. The van der Waals surface area contributed by atoms with Gasteiger partial charge in [-0.1, -0.05) is 0 Å². The van der Waals surface area contributed by atoms with E-state index >= 15 is 0 Å². The number of aliphatic carboxylic acids is 1. The van der Waals surface area contributed by atoms with E-state index < -0.39 is 5.97 Å². The molecular weight excluding hydrogens is 210 g/mol. The van der Waals surface area contributed by atoms with Gasteiger partial charge in [0.25, 0.3) is 0 Å². The first-order valence-electron chi connectivity index (χ1n) is 5.23. The largest absolute Gasteiger partial charge is 0.481 e. The van der Waals surface area contributed by atoms with Gasteiger partial charge in [0.1, 0.15) is 0 Å². The first kappa shape index (κ1) is 9.36. The summed E-state index contributed by atoms with van der Waals surface area (Å²) in [4.78, 5) is 13.3. The molecule has 1 aromatic heterocycles. The van der Waals surface area contributed by atoms with Crippen LogP contribution in [0.25, 0.3) is 0 Å². The molecule has 1 aromatic rings. The number of fused-ring (bicyclic) bond motifs is 1. The van der Waals surface area contributed by atoms with E-state index in [1.807, 2.05) is 0 Å². The lowest BCUT2D eigenvalue weighted by molar-refractivity contribution is -0.147. The predicted octanol–water partition coefficient (Wildman–Crippen LogP) is 1.65. The summed E-state index contributed by atoms with van der Waals surface area (Å²) in [5.74, 6) is -0.293. The molecule has 0 spiro atoms. The topological polar surface area (TPSA) is 40.5 Å². The second-order valence-electron chi connectivity index (χ2n) is 4.49. The van der Waals surface area contributed by atoms with E-state index in [1.165, 1.54) is 5.56 Å². The Hall–Kier alpha value is -0.870. The smallest absolute Gasteiger partial charge is 0.308 e. The summed E-state index contributed by atoms with van der Waals surface area (Å²) in [5, 5.41) is 13.3. The van der Waals surface area contributed by atoms with E-state index in [9.17, 15) is 4.79 Å². The lowest BCUT2D eigenvalue weighted by Crippen LogP contribution is -2.43. The second kappa shape index (κ2) is 3.32. The number of hydrogen-bond donors (Lipinski definition) is 1. The average molecular weight is 223 g/mol. The van der Waals surface area contributed by atoms with Gasteiger partial charge in [0.15, 0.2) is 0 Å². The van der Waals surface area contributed by atoms with E-state index in [0.717, 1.165) is 19.5 Å². The summed E-state index contributed by atoms with van der Waals surface area (Å²) in [6.45, 7) is 1.89. The van der Waals surface area contributed by atoms with Crippen LogP contribution in [0.15, 0.2) is 16.8 Å². The average Bonchev–Trinajstić information content (AvgIpc) is 2.77. The maximum atomic E-state index is 11.0. The molecule has 0 amide bonds. The zero-order chi connectivity index (χ0) is 10.4. The zero-order valence-electron chi connectivity index (χ0n) is 8.30. The van der Waals surface area contributed by atoms with E-state index in [0.29, 0.717) is 12.0 Å². The van der Waals surface area contributed by atoms with Crippen LogP contribution >= 0.6 is 11.3 Å². The minimum absolute atomic E-state index is 0.0939. The van der Waals surface area contributed by atoms with Gasteiger partial charge in [-0.25, -0.2) is 0 Å². The summed E-state index contributed by atoms with van der Waals surface area (Å²) in [5.41, 5.74) is 1.32. The molecule has 80 valence electrons. The zero-order valence-corrected chi connectivity index (χ0v) is 9.11. The molecule has 15 heavy (non-hydrogen) atoms. The van der Waals surface area contributed by atoms with Crippen molar-refractivity contribution in [1.82, 2.24) is 4.90 Å². The number of nitrogens with zero attached hydrogens (tertiary/aromatic N) is 1. The number of carboxylic acids is 1. The van der Waals surface area contributed by atoms with Crippen molar-refractivity contribution in [2.45, 2.75) is 19.0 Å². The van der Waals surface area contributed by atoms with Gasteiger partial charge in [-0.2, -0.15) is 11.3 Å². The van der Waals surface area contributed by atoms with Gasteiger partial charge in [-0.05, 0) is 34.7 Å². The summed E-state index contributed by atoms with van der Waals surface area (Å²) >= 11 is 1.70. The minimum Gasteiger partial charge on any atom is -0.481 e. The van der Waals surface area contributed by atoms with E-state index in [1.54, 1.807) is 11.3 Å². The molecule has 1 saturated carbocycles. The number of hydrogen-bond acceptors (Lipinski definition) is 3. The third kappa shape index (κ3) is 1.40. The molecule has 1 N–H and O–H groups in total. The van der Waals surface area contributed by atoms with Gasteiger partial charge >= 0.3 is 5.97 Å². The predicted molar refractivity (Wildman–Crippen MR) is 57.7 cm³/mol. The Bertz CT molecular complexity index is 376. The van der Waals surface area contributed by atoms with Gasteiger partial charge in [0.2, 0.25) is 0 Å². The third-order valence-corrected chi connectivity index (χ3v) is 4.39. The van der Waals surface area contributed by atoms with Gasteiger partial charge in [0, 0.05) is 19.1 Å². The molecule has 0 aromatic carbocycles. The Morgan fingerprint density at radius 2 is 2.53 bits per heavy atom. The fraction of sp³-hybridized carbons (Fsp3) is 0.545. The summed E-state index contributed by atoms with van der Waals surface area (Å²) in [6, 6.07) is 2.42. The standard InChI is InChI=1S/C11H13NO2S/c13-11(14)10-8-3-9(10)12(5-8)4-7-1-2-15-6-7/h1-2,6,8-10H,3-5H2,(H,13,14). The molecule has 2 aliphatic heterocycles. The van der Waals surface area contributed by atoms with Gasteiger partial charge in [-0.15, -0.1) is 0 Å². The quantitative estimate of drug-likeness (QED) is 0.847. The Balaban J connectivity index is 1.69. The Morgan fingerprint density at radius 1 is 1.67 bits per heavy atom. The molecule has 3 heterocycles. The Labute approximate surface area is 92.3 Å². The lowest BCUT2D eigenvalue weighted by atomic mass is 9.74. The van der Waals surface area contributed by atoms with Crippen LogP contribution in [0.2, 0.25) is 0 Å². The van der Waals surface area contributed by atoms with Crippen LogP contribution in [-0.4, -0.2) is 28.6 Å². The van der Waals surface area contributed by atoms with Crippen molar-refractivity contribution in [3.05, 3.63) is 22.4 Å². The van der Waals surface area contributed by atoms with Crippen molar-refractivity contribution in [3.63, 3.8) is 0 Å². The number of carboxylic acid groups (broad SMARTS) is 1. The van der Waals surface area contributed by atoms with Crippen molar-refractivity contribution >= 4 is 17.3 Å². The molecule has 3 fully saturated rings. The molecule has 3 unspecified atom stereocenters. The van der Waals surface area contributed by atoms with E-state index in [4.69, 9.17) is 5.11 Å².